The third kappa shape index (κ3) is 4.42. The molecule has 2 aromatic rings. The molecule has 1 fully saturated rings. The van der Waals surface area contributed by atoms with Gasteiger partial charge in [-0.3, -0.25) is 10.9 Å². The lowest BCUT2D eigenvalue weighted by molar-refractivity contribution is 0.308. The Bertz CT molecular complexity index is 641. The topological polar surface area (TPSA) is 49.0 Å². The predicted molar refractivity (Wildman–Crippen MR) is 101 cm³/mol. The van der Waals surface area contributed by atoms with Crippen molar-refractivity contribution in [1.82, 2.24) is 15.7 Å². The van der Waals surface area contributed by atoms with Gasteiger partial charge in [0.25, 0.3) is 0 Å². The third-order valence-electron chi connectivity index (χ3n) is 4.28. The summed E-state index contributed by atoms with van der Waals surface area (Å²) in [4.78, 5) is 4.57. The minimum Gasteiger partial charge on any atom is -0.358 e. The Morgan fingerprint density at radius 3 is 2.78 bits per heavy atom. The van der Waals surface area contributed by atoms with Crippen molar-refractivity contribution >= 4 is 33.8 Å². The number of aromatic nitrogens is 1. The highest BCUT2D eigenvalue weighted by atomic mass is 32.1. The van der Waals surface area contributed by atoms with Crippen LogP contribution < -0.4 is 16.2 Å². The molecule has 2 atom stereocenters. The van der Waals surface area contributed by atoms with Gasteiger partial charge in [-0.2, -0.15) is 0 Å². The zero-order chi connectivity index (χ0) is 16.1. The summed E-state index contributed by atoms with van der Waals surface area (Å²) in [6.07, 6.45) is 5.09. The van der Waals surface area contributed by atoms with E-state index < -0.39 is 0 Å². The van der Waals surface area contributed by atoms with Crippen molar-refractivity contribution in [1.29, 1.82) is 0 Å². The molecule has 1 aromatic carbocycles. The van der Waals surface area contributed by atoms with Gasteiger partial charge in [0.05, 0.1) is 5.69 Å². The molecular weight excluding hydrogens is 324 g/mol. The third-order valence-corrected chi connectivity index (χ3v) is 5.26. The Labute approximate surface area is 146 Å². The van der Waals surface area contributed by atoms with E-state index in [0.717, 1.165) is 16.4 Å². The van der Waals surface area contributed by atoms with Gasteiger partial charge in [0.15, 0.2) is 5.11 Å². The Morgan fingerprint density at radius 1 is 1.22 bits per heavy atom. The lowest BCUT2D eigenvalue weighted by Crippen LogP contribution is -2.47. The lowest BCUT2D eigenvalue weighted by Gasteiger charge is -2.30. The molecule has 122 valence electrons. The summed E-state index contributed by atoms with van der Waals surface area (Å²) >= 11 is 6.94. The molecule has 0 unspecified atom stereocenters. The number of rotatable bonds is 4. The van der Waals surface area contributed by atoms with Gasteiger partial charge in [-0.05, 0) is 31.0 Å². The second-order valence-corrected chi connectivity index (χ2v) is 7.26. The van der Waals surface area contributed by atoms with Gasteiger partial charge in [-0.25, -0.2) is 4.98 Å². The summed E-state index contributed by atoms with van der Waals surface area (Å²) in [5.41, 5.74) is 8.23. The van der Waals surface area contributed by atoms with Gasteiger partial charge in [-0.15, -0.1) is 11.3 Å². The Hall–Kier alpha value is -1.66. The van der Waals surface area contributed by atoms with Gasteiger partial charge in [0, 0.05) is 17.0 Å². The number of hydrogen-bond acceptors (Lipinski definition) is 4. The van der Waals surface area contributed by atoms with Crippen molar-refractivity contribution in [2.24, 2.45) is 5.92 Å². The van der Waals surface area contributed by atoms with Gasteiger partial charge in [0.2, 0.25) is 5.13 Å². The summed E-state index contributed by atoms with van der Waals surface area (Å²) in [5, 5.41) is 6.90. The molecule has 4 nitrogen and oxygen atoms in total. The maximum atomic E-state index is 5.38. The predicted octanol–water partition coefficient (Wildman–Crippen LogP) is 4.18. The highest BCUT2D eigenvalue weighted by molar-refractivity contribution is 7.80. The zero-order valence-corrected chi connectivity index (χ0v) is 14.8. The lowest BCUT2D eigenvalue weighted by atomic mass is 9.86. The van der Waals surface area contributed by atoms with Crippen LogP contribution in [-0.2, 0) is 0 Å². The Morgan fingerprint density at radius 2 is 2.00 bits per heavy atom. The smallest absolute Gasteiger partial charge is 0.202 e. The van der Waals surface area contributed by atoms with E-state index in [9.17, 15) is 0 Å². The maximum Gasteiger partial charge on any atom is 0.202 e. The van der Waals surface area contributed by atoms with Crippen LogP contribution in [0.2, 0.25) is 0 Å². The number of nitrogens with zero attached hydrogens (tertiary/aromatic N) is 1. The number of benzene rings is 1. The molecule has 1 aromatic heterocycles. The van der Waals surface area contributed by atoms with Crippen LogP contribution in [-0.4, -0.2) is 16.1 Å². The molecule has 0 aliphatic heterocycles. The van der Waals surface area contributed by atoms with Crippen LogP contribution in [0.1, 0.15) is 32.6 Å². The van der Waals surface area contributed by atoms with Gasteiger partial charge in [0.1, 0.15) is 0 Å². The quantitative estimate of drug-likeness (QED) is 0.573. The summed E-state index contributed by atoms with van der Waals surface area (Å²) < 4.78 is 0. The van der Waals surface area contributed by atoms with E-state index in [0.29, 0.717) is 17.1 Å². The van der Waals surface area contributed by atoms with E-state index in [-0.39, 0.29) is 0 Å². The Balaban J connectivity index is 1.50. The van der Waals surface area contributed by atoms with Gasteiger partial charge < -0.3 is 5.32 Å². The molecular formula is C17H22N4S2. The average Bonchev–Trinajstić information content (AvgIpc) is 3.05. The van der Waals surface area contributed by atoms with Crippen molar-refractivity contribution in [2.45, 2.75) is 38.6 Å². The molecule has 6 heteroatoms. The number of anilines is 1. The first-order valence-electron chi connectivity index (χ1n) is 8.06. The van der Waals surface area contributed by atoms with Crippen LogP contribution >= 0.6 is 23.6 Å². The molecule has 0 radical (unpaired) electrons. The number of nitrogens with one attached hydrogen (secondary N) is 3. The van der Waals surface area contributed by atoms with Crippen LogP contribution in [0, 0.1) is 5.92 Å². The molecule has 0 amide bonds. The zero-order valence-electron chi connectivity index (χ0n) is 13.2. The summed E-state index contributed by atoms with van der Waals surface area (Å²) in [5.74, 6) is 0.674. The summed E-state index contributed by atoms with van der Waals surface area (Å²) in [6.45, 7) is 2.29. The average molecular weight is 347 g/mol. The van der Waals surface area contributed by atoms with Crippen LogP contribution in [0.4, 0.5) is 5.13 Å². The summed E-state index contributed by atoms with van der Waals surface area (Å²) in [7, 11) is 0. The highest BCUT2D eigenvalue weighted by Crippen LogP contribution is 2.25. The molecule has 3 rings (SSSR count). The number of thiocarbonyl (C=S) groups is 1. The highest BCUT2D eigenvalue weighted by Gasteiger charge is 2.21. The SMILES string of the molecule is C[C@H]1CCCC[C@H]1NC(=S)NNc1nc(-c2ccccc2)cs1. The van der Waals surface area contributed by atoms with Crippen molar-refractivity contribution in [3.8, 4) is 11.3 Å². The van der Waals surface area contributed by atoms with Crippen LogP contribution in [0.5, 0.6) is 0 Å². The molecule has 0 saturated heterocycles. The fourth-order valence-electron chi connectivity index (χ4n) is 2.92. The molecule has 0 spiro atoms. The maximum absolute atomic E-state index is 5.38. The molecule has 23 heavy (non-hydrogen) atoms. The van der Waals surface area contributed by atoms with Gasteiger partial charge >= 0.3 is 0 Å². The van der Waals surface area contributed by atoms with Crippen LogP contribution in [0.25, 0.3) is 11.3 Å². The minimum absolute atomic E-state index is 0.474. The first-order chi connectivity index (χ1) is 11.2. The van der Waals surface area contributed by atoms with Crippen molar-refractivity contribution in [3.63, 3.8) is 0 Å². The van der Waals surface area contributed by atoms with Crippen molar-refractivity contribution in [3.05, 3.63) is 35.7 Å². The van der Waals surface area contributed by atoms with Crippen LogP contribution in [0.15, 0.2) is 35.7 Å². The fraction of sp³-hybridized carbons (Fsp3) is 0.412. The second kappa shape index (κ2) is 7.75. The largest absolute Gasteiger partial charge is 0.358 e. The molecule has 3 N–H and O–H groups in total. The number of thiazole rings is 1. The van der Waals surface area contributed by atoms with Gasteiger partial charge in [-0.1, -0.05) is 50.1 Å². The van der Waals surface area contributed by atoms with E-state index in [1.807, 2.05) is 23.6 Å². The first-order valence-corrected chi connectivity index (χ1v) is 9.34. The second-order valence-electron chi connectivity index (χ2n) is 6.00. The molecule has 1 heterocycles. The standard InChI is InChI=1S/C17H22N4S2/c1-12-7-5-6-10-14(12)18-16(22)20-21-17-19-15(11-23-17)13-8-3-2-4-9-13/h2-4,8-9,11-12,14H,5-7,10H2,1H3,(H,19,21)(H2,18,20,22)/t12-,14+/m0/s1. The van der Waals surface area contributed by atoms with Crippen molar-refractivity contribution < 1.29 is 0 Å². The monoisotopic (exact) mass is 346 g/mol. The van der Waals surface area contributed by atoms with E-state index in [4.69, 9.17) is 12.2 Å². The van der Waals surface area contributed by atoms with E-state index in [2.05, 4.69) is 40.2 Å². The normalized spacial score (nSPS) is 20.7. The molecule has 1 aliphatic carbocycles. The number of hydrazine groups is 1. The minimum atomic E-state index is 0.474. The first kappa shape index (κ1) is 16.2. The molecule has 1 aliphatic rings. The number of hydrogen-bond donors (Lipinski definition) is 3. The van der Waals surface area contributed by atoms with E-state index in [1.165, 1.54) is 25.7 Å². The van der Waals surface area contributed by atoms with E-state index in [1.54, 1.807) is 11.3 Å². The van der Waals surface area contributed by atoms with Crippen molar-refractivity contribution in [2.75, 3.05) is 5.43 Å². The van der Waals surface area contributed by atoms with E-state index >= 15 is 0 Å². The summed E-state index contributed by atoms with van der Waals surface area (Å²) in [6, 6.07) is 10.6. The Kier molecular flexibility index (Phi) is 5.46. The fourth-order valence-corrected chi connectivity index (χ4v) is 3.79. The molecule has 1 saturated carbocycles. The molecule has 0 bridgehead atoms. The van der Waals surface area contributed by atoms with Crippen LogP contribution in [0.3, 0.4) is 0 Å².